The average Bonchev–Trinajstić information content (AvgIpc) is 3.11. The number of allylic oxidation sites excluding steroid dienone is 2. The fraction of sp³-hybridized carbons (Fsp3) is 0.421. The van der Waals surface area contributed by atoms with Crippen LogP contribution in [0.3, 0.4) is 0 Å². The number of ether oxygens (including phenoxy) is 1. The minimum Gasteiger partial charge on any atom is -0.367 e. The zero-order valence-corrected chi connectivity index (χ0v) is 15.2. The van der Waals surface area contributed by atoms with Gasteiger partial charge in [0.15, 0.2) is 6.10 Å². The lowest BCUT2D eigenvalue weighted by molar-refractivity contribution is -0.148. The molecule has 4 rings (SSSR count). The van der Waals surface area contributed by atoms with E-state index in [4.69, 9.17) is 15.5 Å². The van der Waals surface area contributed by atoms with Gasteiger partial charge >= 0.3 is 0 Å². The number of hydrogen-bond acceptors (Lipinski definition) is 5. The first-order chi connectivity index (χ1) is 12.6. The minimum atomic E-state index is -0.715. The molecule has 2 heterocycles. The fourth-order valence-electron chi connectivity index (χ4n) is 3.66. The molecule has 1 saturated heterocycles. The van der Waals surface area contributed by atoms with E-state index in [0.717, 1.165) is 21.6 Å². The summed E-state index contributed by atoms with van der Waals surface area (Å²) in [4.78, 5) is 31.1. The SMILES string of the molecule is NC(=O)[C@@H]1CN(C(=O)[C@@H]2CC=CC[C@@H]2c2nc3ccccc3s2)CCO1. The molecule has 0 saturated carbocycles. The van der Waals surface area contributed by atoms with Crippen LogP contribution in [-0.4, -0.2) is 47.5 Å². The van der Waals surface area contributed by atoms with Crippen molar-refractivity contribution in [2.75, 3.05) is 19.7 Å². The largest absolute Gasteiger partial charge is 0.367 e. The summed E-state index contributed by atoms with van der Waals surface area (Å²) in [6.45, 7) is 1.07. The second-order valence-electron chi connectivity index (χ2n) is 6.72. The van der Waals surface area contributed by atoms with E-state index in [1.807, 2.05) is 18.2 Å². The number of aromatic nitrogens is 1. The summed E-state index contributed by atoms with van der Waals surface area (Å²) in [5, 5.41) is 1.01. The molecule has 0 spiro atoms. The van der Waals surface area contributed by atoms with E-state index in [2.05, 4.69) is 18.2 Å². The molecule has 1 aromatic heterocycles. The van der Waals surface area contributed by atoms with Crippen molar-refractivity contribution in [2.24, 2.45) is 11.7 Å². The Morgan fingerprint density at radius 3 is 2.85 bits per heavy atom. The predicted molar refractivity (Wildman–Crippen MR) is 99.7 cm³/mol. The van der Waals surface area contributed by atoms with Gasteiger partial charge in [0.25, 0.3) is 0 Å². The zero-order valence-electron chi connectivity index (χ0n) is 14.3. The highest BCUT2D eigenvalue weighted by atomic mass is 32.1. The van der Waals surface area contributed by atoms with Gasteiger partial charge in [0.2, 0.25) is 11.8 Å². The van der Waals surface area contributed by atoms with E-state index in [1.165, 1.54) is 0 Å². The molecule has 2 amide bonds. The van der Waals surface area contributed by atoms with Gasteiger partial charge in [-0.2, -0.15) is 0 Å². The summed E-state index contributed by atoms with van der Waals surface area (Å²) in [5.41, 5.74) is 6.33. The van der Waals surface area contributed by atoms with Crippen molar-refractivity contribution in [1.82, 2.24) is 9.88 Å². The van der Waals surface area contributed by atoms with Crippen LogP contribution in [0.5, 0.6) is 0 Å². The number of fused-ring (bicyclic) bond motifs is 1. The van der Waals surface area contributed by atoms with Crippen LogP contribution in [0.15, 0.2) is 36.4 Å². The number of morpholine rings is 1. The molecule has 0 bridgehead atoms. The summed E-state index contributed by atoms with van der Waals surface area (Å²) in [5.74, 6) is -0.547. The van der Waals surface area contributed by atoms with Crippen LogP contribution in [0.25, 0.3) is 10.2 Å². The molecule has 1 aliphatic carbocycles. The molecule has 136 valence electrons. The van der Waals surface area contributed by atoms with Gasteiger partial charge in [0, 0.05) is 12.5 Å². The summed E-state index contributed by atoms with van der Waals surface area (Å²) >= 11 is 1.66. The lowest BCUT2D eigenvalue weighted by Gasteiger charge is -2.36. The Bertz CT molecular complexity index is 830. The second-order valence-corrected chi connectivity index (χ2v) is 7.78. The van der Waals surface area contributed by atoms with Gasteiger partial charge in [-0.1, -0.05) is 24.3 Å². The lowest BCUT2D eigenvalue weighted by atomic mass is 9.82. The number of carbonyl (C=O) groups is 2. The Morgan fingerprint density at radius 1 is 1.23 bits per heavy atom. The van der Waals surface area contributed by atoms with Crippen molar-refractivity contribution >= 4 is 33.4 Å². The Morgan fingerprint density at radius 2 is 2.04 bits per heavy atom. The number of nitrogens with zero attached hydrogens (tertiary/aromatic N) is 2. The molecule has 26 heavy (non-hydrogen) atoms. The standard InChI is InChI=1S/C19H21N3O3S/c20-17(23)15-11-22(9-10-25-15)19(24)13-6-2-1-5-12(13)18-21-14-7-3-4-8-16(14)26-18/h1-4,7-8,12-13,15H,5-6,9-11H2,(H2,20,23)/t12-,13+,15-/m0/s1. The van der Waals surface area contributed by atoms with Gasteiger partial charge in [0.05, 0.1) is 34.3 Å². The summed E-state index contributed by atoms with van der Waals surface area (Å²) in [6.07, 6.45) is 4.98. The molecule has 2 N–H and O–H groups in total. The molecule has 1 fully saturated rings. The van der Waals surface area contributed by atoms with E-state index in [0.29, 0.717) is 19.6 Å². The molecule has 7 heteroatoms. The maximum absolute atomic E-state index is 13.2. The van der Waals surface area contributed by atoms with Gasteiger partial charge in [-0.25, -0.2) is 4.98 Å². The van der Waals surface area contributed by atoms with Crippen LogP contribution >= 0.6 is 11.3 Å². The lowest BCUT2D eigenvalue weighted by Crippen LogP contribution is -2.52. The van der Waals surface area contributed by atoms with E-state index >= 15 is 0 Å². The Balaban J connectivity index is 1.58. The summed E-state index contributed by atoms with van der Waals surface area (Å²) in [6, 6.07) is 8.05. The number of primary amides is 1. The molecular weight excluding hydrogens is 350 g/mol. The van der Waals surface area contributed by atoms with Crippen LogP contribution in [-0.2, 0) is 14.3 Å². The van der Waals surface area contributed by atoms with Crippen molar-refractivity contribution in [1.29, 1.82) is 0 Å². The molecule has 1 aromatic carbocycles. The Kier molecular flexibility index (Phi) is 4.74. The van der Waals surface area contributed by atoms with Gasteiger partial charge in [0.1, 0.15) is 0 Å². The Labute approximate surface area is 155 Å². The van der Waals surface area contributed by atoms with E-state index in [1.54, 1.807) is 16.2 Å². The number of para-hydroxylation sites is 1. The zero-order chi connectivity index (χ0) is 18.1. The first-order valence-corrected chi connectivity index (χ1v) is 9.65. The number of carbonyl (C=O) groups excluding carboxylic acids is 2. The van der Waals surface area contributed by atoms with E-state index in [9.17, 15) is 9.59 Å². The number of thiazole rings is 1. The molecule has 2 aliphatic rings. The van der Waals surface area contributed by atoms with Gasteiger partial charge < -0.3 is 15.4 Å². The molecule has 2 aromatic rings. The fourth-order valence-corrected chi connectivity index (χ4v) is 4.81. The maximum atomic E-state index is 13.2. The van der Waals surface area contributed by atoms with Gasteiger partial charge in [-0.15, -0.1) is 11.3 Å². The van der Waals surface area contributed by atoms with E-state index < -0.39 is 12.0 Å². The first-order valence-electron chi connectivity index (χ1n) is 8.83. The smallest absolute Gasteiger partial charge is 0.248 e. The second kappa shape index (κ2) is 7.17. The predicted octanol–water partition coefficient (Wildman–Crippen LogP) is 2.06. The van der Waals surface area contributed by atoms with Crippen molar-refractivity contribution in [3.8, 4) is 0 Å². The third-order valence-electron chi connectivity index (χ3n) is 5.07. The number of rotatable bonds is 3. The minimum absolute atomic E-state index is 0.0631. The normalized spacial score (nSPS) is 26.2. The highest BCUT2D eigenvalue weighted by Crippen LogP contribution is 2.39. The third-order valence-corrected chi connectivity index (χ3v) is 6.24. The van der Waals surface area contributed by atoms with Crippen LogP contribution in [0.4, 0.5) is 0 Å². The monoisotopic (exact) mass is 371 g/mol. The number of amides is 2. The van der Waals surface area contributed by atoms with Crippen molar-refractivity contribution in [3.63, 3.8) is 0 Å². The molecule has 0 unspecified atom stereocenters. The summed E-state index contributed by atoms with van der Waals surface area (Å²) < 4.78 is 6.51. The van der Waals surface area contributed by atoms with E-state index in [-0.39, 0.29) is 24.3 Å². The van der Waals surface area contributed by atoms with Crippen LogP contribution < -0.4 is 5.73 Å². The highest BCUT2D eigenvalue weighted by molar-refractivity contribution is 7.18. The van der Waals surface area contributed by atoms with Crippen LogP contribution in [0.2, 0.25) is 0 Å². The summed E-state index contributed by atoms with van der Waals surface area (Å²) in [7, 11) is 0. The Hall–Kier alpha value is -2.25. The van der Waals surface area contributed by atoms with Crippen molar-refractivity contribution < 1.29 is 14.3 Å². The average molecular weight is 371 g/mol. The van der Waals surface area contributed by atoms with Crippen LogP contribution in [0, 0.1) is 5.92 Å². The number of hydrogen-bond donors (Lipinski definition) is 1. The quantitative estimate of drug-likeness (QED) is 0.837. The highest BCUT2D eigenvalue weighted by Gasteiger charge is 2.37. The maximum Gasteiger partial charge on any atom is 0.248 e. The van der Waals surface area contributed by atoms with Gasteiger partial charge in [-0.3, -0.25) is 9.59 Å². The van der Waals surface area contributed by atoms with Crippen molar-refractivity contribution in [3.05, 3.63) is 41.4 Å². The molecule has 6 nitrogen and oxygen atoms in total. The third kappa shape index (κ3) is 3.24. The molecule has 1 aliphatic heterocycles. The van der Waals surface area contributed by atoms with Gasteiger partial charge in [-0.05, 0) is 25.0 Å². The van der Waals surface area contributed by atoms with Crippen LogP contribution in [0.1, 0.15) is 23.8 Å². The molecular formula is C19H21N3O3S. The van der Waals surface area contributed by atoms with Crippen molar-refractivity contribution in [2.45, 2.75) is 24.9 Å². The number of benzene rings is 1. The topological polar surface area (TPSA) is 85.5 Å². The number of nitrogens with two attached hydrogens (primary N) is 1. The first kappa shape index (κ1) is 17.2. The molecule has 0 radical (unpaired) electrons. The molecule has 3 atom stereocenters.